The first-order valence-corrected chi connectivity index (χ1v) is 13.6. The summed E-state index contributed by atoms with van der Waals surface area (Å²) in [5.41, 5.74) is 3.40. The van der Waals surface area contributed by atoms with Gasteiger partial charge in [0.05, 0.1) is 6.04 Å². The number of aliphatic hydroxyl groups is 1. The van der Waals surface area contributed by atoms with Gasteiger partial charge in [-0.15, -0.1) is 0 Å². The normalized spacial score (nSPS) is 37.3. The largest absolute Gasteiger partial charge is 0.396 e. The molecule has 176 valence electrons. The van der Waals surface area contributed by atoms with Crippen molar-refractivity contribution in [3.05, 3.63) is 17.0 Å². The van der Waals surface area contributed by atoms with E-state index in [9.17, 15) is 9.90 Å². The highest BCUT2D eigenvalue weighted by atomic mass is 16.3. The molecular weight excluding hydrogens is 398 g/mol. The molecule has 1 heterocycles. The Morgan fingerprint density at radius 1 is 1.09 bits per heavy atom. The van der Waals surface area contributed by atoms with Gasteiger partial charge >= 0.3 is 0 Å². The Hall–Kier alpha value is -1.36. The van der Waals surface area contributed by atoms with Crippen LogP contribution in [0.15, 0.2) is 0 Å². The molecule has 1 aromatic heterocycles. The minimum atomic E-state index is 0.0395. The molecule has 4 bridgehead atoms. The molecule has 1 amide bonds. The predicted molar refractivity (Wildman–Crippen MR) is 124 cm³/mol. The van der Waals surface area contributed by atoms with Crippen molar-refractivity contribution in [2.45, 2.75) is 109 Å². The summed E-state index contributed by atoms with van der Waals surface area (Å²) in [4.78, 5) is 13.7. The number of fused-ring (bicyclic) bond motifs is 1. The SMILES string of the molecule is CC(NC(=O)c1nn(C2CCCCC2)c2c1CC(CO)CC2)C12CC3CC(CC(C3)C1)C2. The van der Waals surface area contributed by atoms with Gasteiger partial charge in [0.1, 0.15) is 0 Å². The van der Waals surface area contributed by atoms with Crippen LogP contribution in [0.4, 0.5) is 0 Å². The first kappa shape index (κ1) is 21.2. The number of nitrogens with zero attached hydrogens (tertiary/aromatic N) is 2. The van der Waals surface area contributed by atoms with Gasteiger partial charge in [0.15, 0.2) is 5.69 Å². The van der Waals surface area contributed by atoms with Crippen LogP contribution in [0.25, 0.3) is 0 Å². The molecule has 2 unspecified atom stereocenters. The highest BCUT2D eigenvalue weighted by Crippen LogP contribution is 2.61. The number of nitrogens with one attached hydrogen (secondary N) is 1. The lowest BCUT2D eigenvalue weighted by Gasteiger charge is -2.59. The van der Waals surface area contributed by atoms with Gasteiger partial charge < -0.3 is 10.4 Å². The molecule has 0 radical (unpaired) electrons. The Morgan fingerprint density at radius 3 is 2.38 bits per heavy atom. The van der Waals surface area contributed by atoms with E-state index in [4.69, 9.17) is 5.10 Å². The monoisotopic (exact) mass is 439 g/mol. The van der Waals surface area contributed by atoms with E-state index in [1.165, 1.54) is 76.3 Å². The van der Waals surface area contributed by atoms with Crippen molar-refractivity contribution >= 4 is 5.91 Å². The number of aliphatic hydroxyl groups excluding tert-OH is 1. The molecule has 0 aliphatic heterocycles. The number of rotatable bonds is 5. The highest BCUT2D eigenvalue weighted by Gasteiger charge is 2.53. The van der Waals surface area contributed by atoms with E-state index < -0.39 is 0 Å². The molecule has 6 aliphatic rings. The zero-order chi connectivity index (χ0) is 21.9. The number of carbonyl (C=O) groups is 1. The number of hydrogen-bond donors (Lipinski definition) is 2. The van der Waals surface area contributed by atoms with E-state index in [0.29, 0.717) is 17.2 Å². The average molecular weight is 440 g/mol. The van der Waals surface area contributed by atoms with Crippen LogP contribution in [0.1, 0.15) is 112 Å². The summed E-state index contributed by atoms with van der Waals surface area (Å²) in [6.07, 6.45) is 17.2. The fraction of sp³-hybridized carbons (Fsp3) is 0.852. The molecule has 2 atom stereocenters. The average Bonchev–Trinajstić information content (AvgIpc) is 3.17. The third-order valence-electron chi connectivity index (χ3n) is 10.1. The van der Waals surface area contributed by atoms with E-state index in [2.05, 4.69) is 16.9 Å². The first-order chi connectivity index (χ1) is 15.5. The number of amides is 1. The minimum Gasteiger partial charge on any atom is -0.396 e. The van der Waals surface area contributed by atoms with Gasteiger partial charge in [-0.05, 0) is 107 Å². The molecule has 6 aliphatic carbocycles. The van der Waals surface area contributed by atoms with Gasteiger partial charge in [-0.3, -0.25) is 9.48 Å². The van der Waals surface area contributed by atoms with Crippen LogP contribution in [0.2, 0.25) is 0 Å². The summed E-state index contributed by atoms with van der Waals surface area (Å²) in [6.45, 7) is 2.48. The Kier molecular flexibility index (Phi) is 5.39. The van der Waals surface area contributed by atoms with Gasteiger partial charge in [-0.25, -0.2) is 0 Å². The molecule has 5 fully saturated rings. The lowest BCUT2D eigenvalue weighted by atomic mass is 9.48. The lowest BCUT2D eigenvalue weighted by molar-refractivity contribution is -0.0688. The second-order valence-electron chi connectivity index (χ2n) is 12.3. The molecule has 0 aromatic carbocycles. The van der Waals surface area contributed by atoms with Gasteiger partial charge in [0.2, 0.25) is 0 Å². The second-order valence-corrected chi connectivity index (χ2v) is 12.3. The quantitative estimate of drug-likeness (QED) is 0.691. The maximum atomic E-state index is 13.7. The van der Waals surface area contributed by atoms with E-state index in [-0.39, 0.29) is 24.5 Å². The zero-order valence-electron chi connectivity index (χ0n) is 19.8. The van der Waals surface area contributed by atoms with E-state index in [0.717, 1.165) is 42.6 Å². The Balaban J connectivity index is 1.26. The standard InChI is InChI=1S/C27H41N3O2/c1-17(27-13-19-9-20(14-27)11-21(10-19)15-27)28-26(32)25-23-12-18(16-31)7-8-24(23)30(29-25)22-5-3-2-4-6-22/h17-22,31H,2-16H2,1H3,(H,28,32). The maximum absolute atomic E-state index is 13.7. The van der Waals surface area contributed by atoms with Crippen molar-refractivity contribution in [1.82, 2.24) is 15.1 Å². The molecule has 5 nitrogen and oxygen atoms in total. The summed E-state index contributed by atoms with van der Waals surface area (Å²) < 4.78 is 2.24. The summed E-state index contributed by atoms with van der Waals surface area (Å²) >= 11 is 0. The van der Waals surface area contributed by atoms with E-state index in [1.807, 2.05) is 0 Å². The van der Waals surface area contributed by atoms with Gasteiger partial charge in [0, 0.05) is 23.9 Å². The smallest absolute Gasteiger partial charge is 0.272 e. The van der Waals surface area contributed by atoms with Crippen LogP contribution in [-0.2, 0) is 12.8 Å². The van der Waals surface area contributed by atoms with Gasteiger partial charge in [-0.2, -0.15) is 5.10 Å². The molecular formula is C27H41N3O2. The van der Waals surface area contributed by atoms with Crippen LogP contribution >= 0.6 is 0 Å². The van der Waals surface area contributed by atoms with Crippen molar-refractivity contribution in [2.75, 3.05) is 6.61 Å². The Labute approximate surface area is 192 Å². The Morgan fingerprint density at radius 2 is 1.75 bits per heavy atom. The zero-order valence-corrected chi connectivity index (χ0v) is 19.8. The van der Waals surface area contributed by atoms with E-state index >= 15 is 0 Å². The number of hydrogen-bond acceptors (Lipinski definition) is 3. The first-order valence-electron chi connectivity index (χ1n) is 13.6. The topological polar surface area (TPSA) is 67.2 Å². The summed E-state index contributed by atoms with van der Waals surface area (Å²) in [7, 11) is 0. The molecule has 0 saturated heterocycles. The van der Waals surface area contributed by atoms with Crippen molar-refractivity contribution < 1.29 is 9.90 Å². The third kappa shape index (κ3) is 3.54. The lowest BCUT2D eigenvalue weighted by Crippen LogP contribution is -2.55. The summed E-state index contributed by atoms with van der Waals surface area (Å²) in [5.74, 6) is 2.98. The molecule has 5 heteroatoms. The van der Waals surface area contributed by atoms with Crippen molar-refractivity contribution in [3.8, 4) is 0 Å². The van der Waals surface area contributed by atoms with Crippen molar-refractivity contribution in [1.29, 1.82) is 0 Å². The van der Waals surface area contributed by atoms with Crippen LogP contribution in [0.5, 0.6) is 0 Å². The van der Waals surface area contributed by atoms with Crippen LogP contribution in [-0.4, -0.2) is 33.4 Å². The number of aromatic nitrogens is 2. The van der Waals surface area contributed by atoms with E-state index in [1.54, 1.807) is 0 Å². The number of carbonyl (C=O) groups excluding carboxylic acids is 1. The maximum Gasteiger partial charge on any atom is 0.272 e. The molecule has 1 aromatic rings. The van der Waals surface area contributed by atoms with Crippen LogP contribution in [0, 0.1) is 29.1 Å². The predicted octanol–water partition coefficient (Wildman–Crippen LogP) is 4.82. The molecule has 32 heavy (non-hydrogen) atoms. The summed E-state index contributed by atoms with van der Waals surface area (Å²) in [6, 6.07) is 0.668. The molecule has 5 saturated carbocycles. The third-order valence-corrected chi connectivity index (χ3v) is 10.1. The highest BCUT2D eigenvalue weighted by molar-refractivity contribution is 5.94. The van der Waals surface area contributed by atoms with Gasteiger partial charge in [-0.1, -0.05) is 19.3 Å². The van der Waals surface area contributed by atoms with Gasteiger partial charge in [0.25, 0.3) is 5.91 Å². The summed E-state index contributed by atoms with van der Waals surface area (Å²) in [5, 5.41) is 18.3. The van der Waals surface area contributed by atoms with Crippen LogP contribution in [0.3, 0.4) is 0 Å². The minimum absolute atomic E-state index is 0.0395. The van der Waals surface area contributed by atoms with Crippen molar-refractivity contribution in [3.63, 3.8) is 0 Å². The molecule has 2 N–H and O–H groups in total. The molecule has 0 spiro atoms. The van der Waals surface area contributed by atoms with Crippen molar-refractivity contribution in [2.24, 2.45) is 29.1 Å². The molecule has 7 rings (SSSR count). The second kappa shape index (κ2) is 8.14. The fourth-order valence-corrected chi connectivity index (χ4v) is 8.81. The van der Waals surface area contributed by atoms with Crippen LogP contribution < -0.4 is 5.32 Å². The Bertz CT molecular complexity index is 833. The fourth-order valence-electron chi connectivity index (χ4n) is 8.81.